The summed E-state index contributed by atoms with van der Waals surface area (Å²) in [5.74, 6) is 0. The van der Waals surface area contributed by atoms with Crippen LogP contribution in [0.5, 0.6) is 0 Å². The van der Waals surface area contributed by atoms with Gasteiger partial charge in [-0.05, 0) is 82.3 Å². The van der Waals surface area contributed by atoms with Gasteiger partial charge in [0.15, 0.2) is 0 Å². The molecule has 0 amide bonds. The highest BCUT2D eigenvalue weighted by Crippen LogP contribution is 2.31. The molecule has 1 nitrogen and oxygen atoms in total. The summed E-state index contributed by atoms with van der Waals surface area (Å²) in [7, 11) is 6.04. The van der Waals surface area contributed by atoms with Crippen LogP contribution in [0.25, 0.3) is 39.1 Å². The first-order valence-electron chi connectivity index (χ1n) is 12.8. The van der Waals surface area contributed by atoms with E-state index in [1.165, 1.54) is 0 Å². The minimum atomic E-state index is 0.719. The van der Waals surface area contributed by atoms with Crippen LogP contribution in [0.2, 0.25) is 0 Å². The number of benzene rings is 4. The average Bonchev–Trinajstić information content (AvgIpc) is 2.97. The van der Waals surface area contributed by atoms with Crippen LogP contribution < -0.4 is 5.46 Å². The maximum absolute atomic E-state index is 6.04. The number of rotatable bonds is 7. The standard InChI is InChI=1S/C36H27BBrN/c1-25(29-15-9-17-33(37)21-29)19-31(27-11-5-3-6-12-27)20-26(2)35-23-32(28-13-7-4-8-14-28)24-36(39-35)30-16-10-18-34(38)22-30/h3-24H,1H2,2H3/b26-20+,31-19+. The van der Waals surface area contributed by atoms with E-state index in [-0.39, 0.29) is 0 Å². The van der Waals surface area contributed by atoms with Gasteiger partial charge in [0, 0.05) is 10.0 Å². The molecule has 0 aliphatic carbocycles. The molecular weight excluding hydrogens is 537 g/mol. The van der Waals surface area contributed by atoms with Crippen molar-refractivity contribution in [2.45, 2.75) is 6.92 Å². The Morgan fingerprint density at radius 1 is 0.692 bits per heavy atom. The molecule has 0 bridgehead atoms. The molecule has 4 aromatic carbocycles. The zero-order chi connectivity index (χ0) is 27.2. The second kappa shape index (κ2) is 12.1. The highest BCUT2D eigenvalue weighted by molar-refractivity contribution is 9.10. The molecule has 186 valence electrons. The van der Waals surface area contributed by atoms with Crippen LogP contribution in [0.3, 0.4) is 0 Å². The molecule has 0 spiro atoms. The fourth-order valence-corrected chi connectivity index (χ4v) is 4.88. The molecule has 0 fully saturated rings. The lowest BCUT2D eigenvalue weighted by atomic mass is 9.91. The zero-order valence-corrected chi connectivity index (χ0v) is 23.4. The van der Waals surface area contributed by atoms with E-state index >= 15 is 0 Å². The zero-order valence-electron chi connectivity index (χ0n) is 21.8. The Bertz CT molecular complexity index is 1680. The fourth-order valence-electron chi connectivity index (χ4n) is 4.48. The van der Waals surface area contributed by atoms with E-state index in [0.29, 0.717) is 0 Å². The molecule has 3 heteroatoms. The molecule has 0 saturated heterocycles. The normalized spacial score (nSPS) is 11.8. The maximum Gasteiger partial charge on any atom is 0.113 e. The third-order valence-corrected chi connectivity index (χ3v) is 7.02. The molecule has 5 aromatic rings. The monoisotopic (exact) mass is 563 g/mol. The number of aromatic nitrogens is 1. The molecule has 0 saturated carbocycles. The van der Waals surface area contributed by atoms with Crippen molar-refractivity contribution in [3.8, 4) is 22.4 Å². The van der Waals surface area contributed by atoms with Gasteiger partial charge in [0.2, 0.25) is 0 Å². The topological polar surface area (TPSA) is 12.9 Å². The van der Waals surface area contributed by atoms with Gasteiger partial charge in [-0.25, -0.2) is 4.98 Å². The van der Waals surface area contributed by atoms with Crippen LogP contribution in [0.15, 0.2) is 145 Å². The van der Waals surface area contributed by atoms with E-state index in [1.54, 1.807) is 0 Å². The van der Waals surface area contributed by atoms with Gasteiger partial charge in [-0.1, -0.05) is 125 Å². The largest absolute Gasteiger partial charge is 0.248 e. The fraction of sp³-hybridized carbons (Fsp3) is 0.0278. The lowest BCUT2D eigenvalue weighted by Gasteiger charge is -2.12. The average molecular weight is 564 g/mol. The van der Waals surface area contributed by atoms with Crippen molar-refractivity contribution in [3.05, 3.63) is 161 Å². The van der Waals surface area contributed by atoms with Crippen molar-refractivity contribution in [3.63, 3.8) is 0 Å². The second-order valence-corrected chi connectivity index (χ2v) is 10.4. The lowest BCUT2D eigenvalue weighted by Crippen LogP contribution is -2.01. The molecule has 1 heterocycles. The summed E-state index contributed by atoms with van der Waals surface area (Å²) in [6.45, 7) is 6.46. The first-order valence-corrected chi connectivity index (χ1v) is 13.6. The second-order valence-electron chi connectivity index (χ2n) is 9.45. The van der Waals surface area contributed by atoms with Gasteiger partial charge in [0.25, 0.3) is 0 Å². The smallest absolute Gasteiger partial charge is 0.113 e. The third kappa shape index (κ3) is 6.63. The lowest BCUT2D eigenvalue weighted by molar-refractivity contribution is 1.27. The molecule has 5 rings (SSSR count). The van der Waals surface area contributed by atoms with Gasteiger partial charge in [-0.15, -0.1) is 0 Å². The Morgan fingerprint density at radius 2 is 1.36 bits per heavy atom. The van der Waals surface area contributed by atoms with Crippen molar-refractivity contribution in [2.24, 2.45) is 0 Å². The van der Waals surface area contributed by atoms with Crippen molar-refractivity contribution < 1.29 is 0 Å². The van der Waals surface area contributed by atoms with Crippen LogP contribution in [0.4, 0.5) is 0 Å². The van der Waals surface area contributed by atoms with Crippen molar-refractivity contribution in [1.29, 1.82) is 0 Å². The number of hydrogen-bond acceptors (Lipinski definition) is 1. The highest BCUT2D eigenvalue weighted by atomic mass is 79.9. The Balaban J connectivity index is 1.63. The summed E-state index contributed by atoms with van der Waals surface area (Å²) in [6, 6.07) is 41.2. The van der Waals surface area contributed by atoms with Crippen LogP contribution in [0.1, 0.15) is 23.7 Å². The summed E-state index contributed by atoms with van der Waals surface area (Å²) >= 11 is 3.61. The van der Waals surface area contributed by atoms with E-state index in [4.69, 9.17) is 12.8 Å². The van der Waals surface area contributed by atoms with Gasteiger partial charge in [-0.2, -0.15) is 0 Å². The molecule has 2 radical (unpaired) electrons. The van der Waals surface area contributed by atoms with Crippen molar-refractivity contribution in [1.82, 2.24) is 4.98 Å². The quantitative estimate of drug-likeness (QED) is 0.142. The van der Waals surface area contributed by atoms with Crippen LogP contribution in [0, 0.1) is 0 Å². The van der Waals surface area contributed by atoms with Crippen LogP contribution in [-0.4, -0.2) is 12.8 Å². The maximum atomic E-state index is 6.04. The molecule has 0 atom stereocenters. The minimum absolute atomic E-state index is 0.719. The predicted molar refractivity (Wildman–Crippen MR) is 172 cm³/mol. The van der Waals surface area contributed by atoms with Crippen LogP contribution >= 0.6 is 15.9 Å². The first-order chi connectivity index (χ1) is 19.0. The van der Waals surface area contributed by atoms with Gasteiger partial charge in [0.1, 0.15) is 7.85 Å². The SMILES string of the molecule is [B]c1cccc(C(=C)/C=C(\C=C(/C)c2cc(-c3ccccc3)cc(-c3cccc(Br)c3)n2)c2ccccc2)c1. The Kier molecular flexibility index (Phi) is 8.20. The van der Waals surface area contributed by atoms with E-state index in [9.17, 15) is 0 Å². The number of hydrogen-bond donors (Lipinski definition) is 0. The van der Waals surface area contributed by atoms with Crippen molar-refractivity contribution in [2.75, 3.05) is 0 Å². The summed E-state index contributed by atoms with van der Waals surface area (Å²) in [5.41, 5.74) is 11.0. The number of allylic oxidation sites excluding steroid dienone is 5. The minimum Gasteiger partial charge on any atom is -0.248 e. The third-order valence-electron chi connectivity index (χ3n) is 6.52. The Hall–Kier alpha value is -4.21. The summed E-state index contributed by atoms with van der Waals surface area (Å²) in [4.78, 5) is 5.11. The van der Waals surface area contributed by atoms with Gasteiger partial charge < -0.3 is 0 Å². The summed E-state index contributed by atoms with van der Waals surface area (Å²) in [6.07, 6.45) is 4.30. The molecule has 1 aromatic heterocycles. The molecule has 0 unspecified atom stereocenters. The molecule has 39 heavy (non-hydrogen) atoms. The summed E-state index contributed by atoms with van der Waals surface area (Å²) in [5, 5.41) is 0. The molecule has 0 N–H and O–H groups in total. The van der Waals surface area contributed by atoms with Gasteiger partial charge >= 0.3 is 0 Å². The van der Waals surface area contributed by atoms with E-state index < -0.39 is 0 Å². The van der Waals surface area contributed by atoms with E-state index in [1.807, 2.05) is 48.5 Å². The number of pyridine rings is 1. The predicted octanol–water partition coefficient (Wildman–Crippen LogP) is 9.17. The van der Waals surface area contributed by atoms with Gasteiger partial charge in [-0.3, -0.25) is 0 Å². The first kappa shape index (κ1) is 26.4. The van der Waals surface area contributed by atoms with E-state index in [0.717, 1.165) is 65.9 Å². The molecular formula is C36H27BBrN. The van der Waals surface area contributed by atoms with Crippen molar-refractivity contribution >= 4 is 46.0 Å². The summed E-state index contributed by atoms with van der Waals surface area (Å²) < 4.78 is 1.02. The molecule has 0 aliphatic rings. The van der Waals surface area contributed by atoms with Crippen LogP contribution in [-0.2, 0) is 0 Å². The number of nitrogens with zero attached hydrogens (tertiary/aromatic N) is 1. The molecule has 0 aliphatic heterocycles. The highest BCUT2D eigenvalue weighted by Gasteiger charge is 2.10. The Morgan fingerprint density at radius 3 is 2.08 bits per heavy atom. The van der Waals surface area contributed by atoms with E-state index in [2.05, 4.69) is 114 Å². The van der Waals surface area contributed by atoms with Gasteiger partial charge in [0.05, 0.1) is 11.4 Å². The number of halogens is 1. The Labute approximate surface area is 240 Å².